The number of hydrogen-bond acceptors (Lipinski definition) is 4. The molecular weight excluding hydrogens is 234 g/mol. The fourth-order valence-electron chi connectivity index (χ4n) is 1.48. The maximum absolute atomic E-state index is 11.7. The van der Waals surface area contributed by atoms with Gasteiger partial charge in [0.15, 0.2) is 0 Å². The van der Waals surface area contributed by atoms with Gasteiger partial charge in [0.1, 0.15) is 6.04 Å². The SMILES string of the molecule is CCCCCSCC(NC(C)C)C(=O)OCC. The molecular formula is C13H27NO2S. The molecule has 0 aromatic carbocycles. The van der Waals surface area contributed by atoms with Gasteiger partial charge in [-0.1, -0.05) is 33.6 Å². The van der Waals surface area contributed by atoms with Gasteiger partial charge in [-0.15, -0.1) is 0 Å². The molecule has 0 spiro atoms. The number of unbranched alkanes of at least 4 members (excludes halogenated alkanes) is 2. The third-order valence-electron chi connectivity index (χ3n) is 2.28. The van der Waals surface area contributed by atoms with Crippen LogP contribution < -0.4 is 5.32 Å². The molecule has 4 heteroatoms. The molecule has 0 fully saturated rings. The normalized spacial score (nSPS) is 12.8. The van der Waals surface area contributed by atoms with Crippen molar-refractivity contribution in [1.82, 2.24) is 5.32 Å². The van der Waals surface area contributed by atoms with Crippen LogP contribution in [-0.2, 0) is 9.53 Å². The van der Waals surface area contributed by atoms with Crippen LogP contribution in [0.2, 0.25) is 0 Å². The van der Waals surface area contributed by atoms with Gasteiger partial charge in [0, 0.05) is 11.8 Å². The number of carbonyl (C=O) groups is 1. The molecule has 0 aromatic rings. The fraction of sp³-hybridized carbons (Fsp3) is 0.923. The Hall–Kier alpha value is -0.220. The van der Waals surface area contributed by atoms with Crippen molar-refractivity contribution < 1.29 is 9.53 Å². The van der Waals surface area contributed by atoms with E-state index in [1.54, 1.807) is 0 Å². The molecule has 0 aliphatic heterocycles. The van der Waals surface area contributed by atoms with E-state index in [2.05, 4.69) is 12.2 Å². The van der Waals surface area contributed by atoms with Gasteiger partial charge < -0.3 is 10.1 Å². The van der Waals surface area contributed by atoms with E-state index in [1.165, 1.54) is 19.3 Å². The zero-order valence-corrected chi connectivity index (χ0v) is 12.4. The molecule has 0 saturated heterocycles. The van der Waals surface area contributed by atoms with Crippen molar-refractivity contribution in [3.05, 3.63) is 0 Å². The molecule has 0 heterocycles. The second kappa shape index (κ2) is 10.9. The second-order valence-electron chi connectivity index (χ2n) is 4.41. The van der Waals surface area contributed by atoms with Gasteiger partial charge in [-0.3, -0.25) is 4.79 Å². The van der Waals surface area contributed by atoms with Crippen LogP contribution in [0.15, 0.2) is 0 Å². The van der Waals surface area contributed by atoms with Crippen molar-refractivity contribution in [2.45, 2.75) is 59.0 Å². The molecule has 3 nitrogen and oxygen atoms in total. The summed E-state index contributed by atoms with van der Waals surface area (Å²) in [5.74, 6) is 1.81. The average molecular weight is 261 g/mol. The summed E-state index contributed by atoms with van der Waals surface area (Å²) in [6.07, 6.45) is 3.75. The largest absolute Gasteiger partial charge is 0.465 e. The highest BCUT2D eigenvalue weighted by Gasteiger charge is 2.19. The Morgan fingerprint density at radius 2 is 2.00 bits per heavy atom. The first-order chi connectivity index (χ1) is 8.11. The third-order valence-corrected chi connectivity index (χ3v) is 3.43. The highest BCUT2D eigenvalue weighted by atomic mass is 32.2. The maximum atomic E-state index is 11.7. The molecule has 0 rings (SSSR count). The van der Waals surface area contributed by atoms with Crippen molar-refractivity contribution in [3.63, 3.8) is 0 Å². The van der Waals surface area contributed by atoms with Crippen LogP contribution in [0.4, 0.5) is 0 Å². The van der Waals surface area contributed by atoms with Gasteiger partial charge in [-0.2, -0.15) is 11.8 Å². The van der Waals surface area contributed by atoms with Gasteiger partial charge >= 0.3 is 5.97 Å². The number of hydrogen-bond donors (Lipinski definition) is 1. The minimum Gasteiger partial charge on any atom is -0.465 e. The highest BCUT2D eigenvalue weighted by molar-refractivity contribution is 7.99. The van der Waals surface area contributed by atoms with Gasteiger partial charge in [0.05, 0.1) is 6.61 Å². The lowest BCUT2D eigenvalue weighted by molar-refractivity contribution is -0.145. The first kappa shape index (κ1) is 16.8. The molecule has 1 unspecified atom stereocenters. The number of esters is 1. The quantitative estimate of drug-likeness (QED) is 0.485. The smallest absolute Gasteiger partial charge is 0.323 e. The zero-order valence-electron chi connectivity index (χ0n) is 11.6. The highest BCUT2D eigenvalue weighted by Crippen LogP contribution is 2.09. The molecule has 0 aliphatic carbocycles. The molecule has 102 valence electrons. The zero-order chi connectivity index (χ0) is 13.1. The topological polar surface area (TPSA) is 38.3 Å². The number of ether oxygens (including phenoxy) is 1. The molecule has 0 aromatic heterocycles. The van der Waals surface area contributed by atoms with E-state index in [4.69, 9.17) is 4.74 Å². The van der Waals surface area contributed by atoms with Gasteiger partial charge in [-0.05, 0) is 19.1 Å². The summed E-state index contributed by atoms with van der Waals surface area (Å²) in [7, 11) is 0. The van der Waals surface area contributed by atoms with Crippen LogP contribution >= 0.6 is 11.8 Å². The van der Waals surface area contributed by atoms with Crippen LogP contribution in [-0.4, -0.2) is 36.2 Å². The van der Waals surface area contributed by atoms with Crippen molar-refractivity contribution in [2.75, 3.05) is 18.1 Å². The summed E-state index contributed by atoms with van der Waals surface area (Å²) in [6.45, 7) is 8.60. The summed E-state index contributed by atoms with van der Waals surface area (Å²) in [5.41, 5.74) is 0. The predicted octanol–water partition coefficient (Wildman–Crippen LogP) is 2.84. The molecule has 0 saturated carbocycles. The Morgan fingerprint density at radius 1 is 1.29 bits per heavy atom. The first-order valence-corrected chi connectivity index (χ1v) is 7.77. The summed E-state index contributed by atoms with van der Waals surface area (Å²) < 4.78 is 5.07. The van der Waals surface area contributed by atoms with Crippen molar-refractivity contribution in [2.24, 2.45) is 0 Å². The lowest BCUT2D eigenvalue weighted by atomic mass is 10.3. The van der Waals surface area contributed by atoms with Crippen LogP contribution in [0.1, 0.15) is 47.0 Å². The van der Waals surface area contributed by atoms with Crippen LogP contribution in [0, 0.1) is 0 Å². The fourth-order valence-corrected chi connectivity index (χ4v) is 2.53. The monoisotopic (exact) mass is 261 g/mol. The standard InChI is InChI=1S/C13H27NO2S/c1-5-7-8-9-17-10-12(14-11(3)4)13(15)16-6-2/h11-12,14H,5-10H2,1-4H3. The van der Waals surface area contributed by atoms with Crippen LogP contribution in [0.5, 0.6) is 0 Å². The minimum atomic E-state index is -0.165. The first-order valence-electron chi connectivity index (χ1n) is 6.62. The number of nitrogens with one attached hydrogen (secondary N) is 1. The average Bonchev–Trinajstić information content (AvgIpc) is 2.27. The lowest BCUT2D eigenvalue weighted by Gasteiger charge is -2.19. The van der Waals surface area contributed by atoms with E-state index in [9.17, 15) is 4.79 Å². The van der Waals surface area contributed by atoms with E-state index in [1.807, 2.05) is 32.5 Å². The summed E-state index contributed by atoms with van der Waals surface area (Å²) in [4.78, 5) is 11.7. The van der Waals surface area contributed by atoms with Crippen molar-refractivity contribution in [1.29, 1.82) is 0 Å². The Balaban J connectivity index is 3.89. The Labute approximate surface area is 110 Å². The van der Waals surface area contributed by atoms with Gasteiger partial charge in [0.2, 0.25) is 0 Å². The molecule has 0 amide bonds. The minimum absolute atomic E-state index is 0.121. The summed E-state index contributed by atoms with van der Waals surface area (Å²) in [5, 5.41) is 3.26. The van der Waals surface area contributed by atoms with E-state index in [0.29, 0.717) is 12.6 Å². The molecule has 0 aliphatic rings. The van der Waals surface area contributed by atoms with Crippen molar-refractivity contribution >= 4 is 17.7 Å². The molecule has 0 bridgehead atoms. The lowest BCUT2D eigenvalue weighted by Crippen LogP contribution is -2.43. The molecule has 17 heavy (non-hydrogen) atoms. The van der Waals surface area contributed by atoms with Crippen molar-refractivity contribution in [3.8, 4) is 0 Å². The van der Waals surface area contributed by atoms with Gasteiger partial charge in [0.25, 0.3) is 0 Å². The summed E-state index contributed by atoms with van der Waals surface area (Å²) in [6, 6.07) is 0.141. The van der Waals surface area contributed by atoms with Crippen LogP contribution in [0.3, 0.4) is 0 Å². The van der Waals surface area contributed by atoms with E-state index >= 15 is 0 Å². The molecule has 1 N–H and O–H groups in total. The second-order valence-corrected chi connectivity index (χ2v) is 5.56. The molecule has 0 radical (unpaired) electrons. The Morgan fingerprint density at radius 3 is 2.53 bits per heavy atom. The summed E-state index contributed by atoms with van der Waals surface area (Å²) >= 11 is 1.83. The number of carbonyl (C=O) groups excluding carboxylic acids is 1. The number of rotatable bonds is 10. The Kier molecular flexibility index (Phi) is 10.8. The number of thioether (sulfide) groups is 1. The maximum Gasteiger partial charge on any atom is 0.323 e. The van der Waals surface area contributed by atoms with E-state index in [0.717, 1.165) is 11.5 Å². The van der Waals surface area contributed by atoms with E-state index < -0.39 is 0 Å². The van der Waals surface area contributed by atoms with Crippen LogP contribution in [0.25, 0.3) is 0 Å². The third kappa shape index (κ3) is 9.48. The predicted molar refractivity (Wildman–Crippen MR) is 75.5 cm³/mol. The van der Waals surface area contributed by atoms with E-state index in [-0.39, 0.29) is 12.0 Å². The Bertz CT molecular complexity index is 198. The van der Waals surface area contributed by atoms with Gasteiger partial charge in [-0.25, -0.2) is 0 Å². The molecule has 1 atom stereocenters.